The van der Waals surface area contributed by atoms with Crippen molar-refractivity contribution in [2.75, 3.05) is 13.7 Å². The summed E-state index contributed by atoms with van der Waals surface area (Å²) in [5.41, 5.74) is 6.73. The van der Waals surface area contributed by atoms with Crippen LogP contribution in [0.2, 0.25) is 0 Å². The van der Waals surface area contributed by atoms with E-state index in [2.05, 4.69) is 16.9 Å². The number of methoxy groups -OCH3 is 1. The van der Waals surface area contributed by atoms with E-state index in [1.807, 2.05) is 24.3 Å². The van der Waals surface area contributed by atoms with E-state index in [9.17, 15) is 9.59 Å². The first-order valence-electron chi connectivity index (χ1n) is 12.0. The number of carbonyl (C=O) groups excluding carboxylic acids is 2. The summed E-state index contributed by atoms with van der Waals surface area (Å²) in [5, 5.41) is 4.91. The molecule has 1 aromatic carbocycles. The van der Waals surface area contributed by atoms with Gasteiger partial charge in [-0.25, -0.2) is 9.78 Å². The van der Waals surface area contributed by atoms with Crippen molar-refractivity contribution in [1.29, 1.82) is 0 Å². The molecule has 1 aliphatic heterocycles. The van der Waals surface area contributed by atoms with Crippen molar-refractivity contribution >= 4 is 46.1 Å². The highest BCUT2D eigenvalue weighted by molar-refractivity contribution is 7.80. The smallest absolute Gasteiger partial charge is 0.328 e. The Labute approximate surface area is 210 Å². The third-order valence-corrected chi connectivity index (χ3v) is 7.09. The van der Waals surface area contributed by atoms with Gasteiger partial charge < -0.3 is 25.4 Å². The zero-order valence-electron chi connectivity index (χ0n) is 19.9. The molecular formula is C26H32N4O4S. The normalized spacial score (nSPS) is 21.3. The van der Waals surface area contributed by atoms with Crippen molar-refractivity contribution < 1.29 is 19.1 Å². The molecule has 1 amide bonds. The van der Waals surface area contributed by atoms with Crippen molar-refractivity contribution in [1.82, 2.24) is 15.2 Å². The number of esters is 1. The molecule has 1 aromatic heterocycles. The lowest BCUT2D eigenvalue weighted by Crippen LogP contribution is -2.56. The largest absolute Gasteiger partial charge is 0.472 e. The summed E-state index contributed by atoms with van der Waals surface area (Å²) in [5.74, 6) is -0.111. The second kappa shape index (κ2) is 11.0. The Kier molecular flexibility index (Phi) is 7.85. The minimum Gasteiger partial charge on any atom is -0.472 e. The Balaban J connectivity index is 1.59. The fourth-order valence-corrected chi connectivity index (χ4v) is 5.33. The van der Waals surface area contributed by atoms with E-state index in [1.54, 1.807) is 17.2 Å². The van der Waals surface area contributed by atoms with Gasteiger partial charge in [0.25, 0.3) is 0 Å². The second-order valence-corrected chi connectivity index (χ2v) is 9.63. The Morgan fingerprint density at radius 3 is 2.74 bits per heavy atom. The van der Waals surface area contributed by atoms with E-state index in [1.165, 1.54) is 7.11 Å². The zero-order valence-corrected chi connectivity index (χ0v) is 20.8. The monoisotopic (exact) mass is 496 g/mol. The van der Waals surface area contributed by atoms with Gasteiger partial charge in [0.05, 0.1) is 13.7 Å². The maximum atomic E-state index is 13.8. The summed E-state index contributed by atoms with van der Waals surface area (Å²) in [6.45, 7) is 4.07. The second-order valence-electron chi connectivity index (χ2n) is 9.19. The number of nitrogens with zero attached hydrogens (tertiary/aromatic N) is 2. The maximum absolute atomic E-state index is 13.8. The SMILES string of the molecule is C=Cc1ccc2ccnc(O[C@@H]3C[C@@H](C(=O)OC)N(C(=O)[C@@H](NC(N)=S)C4CCCCC4)C3)c2c1. The van der Waals surface area contributed by atoms with Crippen LogP contribution in [0.25, 0.3) is 16.8 Å². The third kappa shape index (κ3) is 5.56. The highest BCUT2D eigenvalue weighted by Crippen LogP contribution is 2.32. The lowest BCUT2D eigenvalue weighted by atomic mass is 9.83. The number of rotatable bonds is 7. The summed E-state index contributed by atoms with van der Waals surface area (Å²) < 4.78 is 11.3. The Morgan fingerprint density at radius 1 is 1.29 bits per heavy atom. The molecule has 1 saturated heterocycles. The Morgan fingerprint density at radius 2 is 2.06 bits per heavy atom. The van der Waals surface area contributed by atoms with Gasteiger partial charge in [0.1, 0.15) is 18.2 Å². The fraction of sp³-hybridized carbons (Fsp3) is 0.462. The van der Waals surface area contributed by atoms with Crippen LogP contribution in [0.1, 0.15) is 44.1 Å². The maximum Gasteiger partial charge on any atom is 0.328 e. The van der Waals surface area contributed by atoms with Crippen LogP contribution in [0.5, 0.6) is 5.88 Å². The average Bonchev–Trinajstić information content (AvgIpc) is 3.30. The number of thiocarbonyl (C=S) groups is 1. The van der Waals surface area contributed by atoms with Crippen LogP contribution in [-0.4, -0.2) is 58.7 Å². The highest BCUT2D eigenvalue weighted by atomic mass is 32.1. The summed E-state index contributed by atoms with van der Waals surface area (Å²) >= 11 is 5.08. The van der Waals surface area contributed by atoms with Gasteiger partial charge >= 0.3 is 5.97 Å². The van der Waals surface area contributed by atoms with Crippen LogP contribution >= 0.6 is 12.2 Å². The lowest BCUT2D eigenvalue weighted by Gasteiger charge is -2.34. The number of aromatic nitrogens is 1. The number of likely N-dealkylation sites (tertiary alicyclic amines) is 1. The first-order valence-corrected chi connectivity index (χ1v) is 12.4. The average molecular weight is 497 g/mol. The first-order chi connectivity index (χ1) is 16.9. The molecule has 0 bridgehead atoms. The molecule has 1 aliphatic carbocycles. The molecule has 2 heterocycles. The topological polar surface area (TPSA) is 107 Å². The van der Waals surface area contributed by atoms with Crippen LogP contribution < -0.4 is 15.8 Å². The molecule has 0 unspecified atom stereocenters. The third-order valence-electron chi connectivity index (χ3n) is 6.97. The van der Waals surface area contributed by atoms with E-state index < -0.39 is 24.2 Å². The van der Waals surface area contributed by atoms with Gasteiger partial charge in [0.15, 0.2) is 5.11 Å². The van der Waals surface area contributed by atoms with Crippen LogP contribution in [0.3, 0.4) is 0 Å². The standard InChI is InChI=1S/C26H32N4O4S/c1-3-16-9-10-17-11-12-28-23(20(17)13-16)34-19-14-21(25(32)33-2)30(15-19)24(31)22(29-26(27)35)18-7-5-4-6-8-18/h3,9-13,18-19,21-22H,1,4-8,14-15H2,2H3,(H3,27,29,35)/t19-,21+,22+/m1/s1. The summed E-state index contributed by atoms with van der Waals surface area (Å²) in [6, 6.07) is 6.50. The molecule has 35 heavy (non-hydrogen) atoms. The molecule has 9 heteroatoms. The van der Waals surface area contributed by atoms with E-state index in [0.29, 0.717) is 12.3 Å². The number of nitrogens with one attached hydrogen (secondary N) is 1. The zero-order chi connectivity index (χ0) is 24.9. The summed E-state index contributed by atoms with van der Waals surface area (Å²) in [4.78, 5) is 32.4. The molecule has 2 aromatic rings. The van der Waals surface area contributed by atoms with Gasteiger partial charge in [-0.05, 0) is 54.1 Å². The van der Waals surface area contributed by atoms with Crippen molar-refractivity contribution in [2.24, 2.45) is 11.7 Å². The van der Waals surface area contributed by atoms with Crippen molar-refractivity contribution in [3.63, 3.8) is 0 Å². The minimum absolute atomic E-state index is 0.0773. The number of hydrogen-bond donors (Lipinski definition) is 2. The van der Waals surface area contributed by atoms with Crippen molar-refractivity contribution in [2.45, 2.75) is 56.7 Å². The predicted octanol–water partition coefficient (Wildman–Crippen LogP) is 3.18. The molecular weight excluding hydrogens is 464 g/mol. The Hall–Kier alpha value is -3.20. The van der Waals surface area contributed by atoms with E-state index in [4.69, 9.17) is 27.4 Å². The summed E-state index contributed by atoms with van der Waals surface area (Å²) in [6.07, 6.45) is 8.42. The quantitative estimate of drug-likeness (QED) is 0.445. The van der Waals surface area contributed by atoms with Gasteiger partial charge in [0.2, 0.25) is 11.8 Å². The number of ether oxygens (including phenoxy) is 2. The molecule has 8 nitrogen and oxygen atoms in total. The first kappa shape index (κ1) is 24.9. The molecule has 186 valence electrons. The number of carbonyl (C=O) groups is 2. The van der Waals surface area contributed by atoms with Gasteiger partial charge in [-0.1, -0.05) is 44.1 Å². The fourth-order valence-electron chi connectivity index (χ4n) is 5.20. The van der Waals surface area contributed by atoms with Gasteiger partial charge in [-0.2, -0.15) is 0 Å². The van der Waals surface area contributed by atoms with Gasteiger partial charge in [-0.15, -0.1) is 0 Å². The lowest BCUT2D eigenvalue weighted by molar-refractivity contribution is -0.152. The number of hydrogen-bond acceptors (Lipinski definition) is 6. The number of fused-ring (bicyclic) bond motifs is 1. The highest BCUT2D eigenvalue weighted by Gasteiger charge is 2.45. The minimum atomic E-state index is -0.754. The van der Waals surface area contributed by atoms with Gasteiger partial charge in [-0.3, -0.25) is 4.79 Å². The predicted molar refractivity (Wildman–Crippen MR) is 139 cm³/mol. The van der Waals surface area contributed by atoms with Gasteiger partial charge in [0, 0.05) is 18.0 Å². The molecule has 0 spiro atoms. The number of pyridine rings is 1. The van der Waals surface area contributed by atoms with E-state index in [0.717, 1.165) is 48.4 Å². The molecule has 2 aliphatic rings. The van der Waals surface area contributed by atoms with Crippen LogP contribution in [-0.2, 0) is 14.3 Å². The van der Waals surface area contributed by atoms with Crippen LogP contribution in [0.4, 0.5) is 0 Å². The molecule has 4 rings (SSSR count). The number of nitrogens with two attached hydrogens (primary N) is 1. The number of amides is 1. The van der Waals surface area contributed by atoms with E-state index >= 15 is 0 Å². The molecule has 3 atom stereocenters. The van der Waals surface area contributed by atoms with Crippen LogP contribution in [0.15, 0.2) is 37.0 Å². The molecule has 1 saturated carbocycles. The molecule has 0 radical (unpaired) electrons. The Bertz CT molecular complexity index is 1120. The van der Waals surface area contributed by atoms with E-state index in [-0.39, 0.29) is 23.5 Å². The number of benzene rings is 1. The molecule has 3 N–H and O–H groups in total. The molecule has 2 fully saturated rings. The van der Waals surface area contributed by atoms with Crippen molar-refractivity contribution in [3.05, 3.63) is 42.6 Å². The summed E-state index contributed by atoms with van der Waals surface area (Å²) in [7, 11) is 1.33. The van der Waals surface area contributed by atoms with Crippen LogP contribution in [0, 0.1) is 5.92 Å². The van der Waals surface area contributed by atoms with Crippen molar-refractivity contribution in [3.8, 4) is 5.88 Å².